The van der Waals surface area contributed by atoms with Crippen LogP contribution in [-0.2, 0) is 17.8 Å². The maximum Gasteiger partial charge on any atom is 0.343 e. The predicted molar refractivity (Wildman–Crippen MR) is 120 cm³/mol. The van der Waals surface area contributed by atoms with E-state index < -0.39 is 5.97 Å². The predicted octanol–water partition coefficient (Wildman–Crippen LogP) is 5.86. The molecule has 30 heavy (non-hydrogen) atoms. The standard InChI is InChI=1S/C24H23Cl2NO3/c1-29-23-21(26)13-12-20(25)22(23)24(28)30-15-14-27(16-18-8-4-2-5-9-18)17-19-10-6-3-7-11-19/h2-13H,14-17H2,1H3. The van der Waals surface area contributed by atoms with E-state index in [1.54, 1.807) is 12.1 Å². The number of methoxy groups -OCH3 is 1. The van der Waals surface area contributed by atoms with Gasteiger partial charge in [0.2, 0.25) is 0 Å². The smallest absolute Gasteiger partial charge is 0.343 e. The lowest BCUT2D eigenvalue weighted by atomic mass is 10.1. The van der Waals surface area contributed by atoms with Gasteiger partial charge < -0.3 is 9.47 Å². The van der Waals surface area contributed by atoms with Crippen LogP contribution in [0, 0.1) is 0 Å². The summed E-state index contributed by atoms with van der Waals surface area (Å²) in [5.41, 5.74) is 2.53. The Kier molecular flexibility index (Phi) is 8.14. The third-order valence-electron chi connectivity index (χ3n) is 4.61. The average molecular weight is 444 g/mol. The molecule has 0 unspecified atom stereocenters. The molecular formula is C24H23Cl2NO3. The molecule has 0 saturated carbocycles. The van der Waals surface area contributed by atoms with Crippen LogP contribution in [-0.4, -0.2) is 31.1 Å². The van der Waals surface area contributed by atoms with Crippen molar-refractivity contribution in [2.24, 2.45) is 0 Å². The molecule has 0 aliphatic carbocycles. The molecule has 0 aliphatic rings. The van der Waals surface area contributed by atoms with Crippen LogP contribution >= 0.6 is 23.2 Å². The SMILES string of the molecule is COc1c(Cl)ccc(Cl)c1C(=O)OCCN(Cc1ccccc1)Cc1ccccc1. The van der Waals surface area contributed by atoms with Crippen LogP contribution in [0.5, 0.6) is 5.75 Å². The van der Waals surface area contributed by atoms with Gasteiger partial charge >= 0.3 is 5.97 Å². The fourth-order valence-electron chi connectivity index (χ4n) is 3.16. The molecule has 6 heteroatoms. The second-order valence-corrected chi connectivity index (χ2v) is 7.57. The number of hydrogen-bond donors (Lipinski definition) is 0. The first-order valence-corrected chi connectivity index (χ1v) is 10.3. The Morgan fingerprint density at radius 1 is 0.833 bits per heavy atom. The minimum Gasteiger partial charge on any atom is -0.494 e. The molecule has 4 nitrogen and oxygen atoms in total. The maximum absolute atomic E-state index is 12.6. The first kappa shape index (κ1) is 22.2. The quantitative estimate of drug-likeness (QED) is 0.388. The Balaban J connectivity index is 1.67. The zero-order valence-corrected chi connectivity index (χ0v) is 18.2. The largest absolute Gasteiger partial charge is 0.494 e. The second kappa shape index (κ2) is 11.0. The normalized spacial score (nSPS) is 10.8. The molecule has 0 heterocycles. The summed E-state index contributed by atoms with van der Waals surface area (Å²) in [5, 5.41) is 0.551. The Labute approximate surface area is 186 Å². The zero-order chi connectivity index (χ0) is 21.3. The maximum atomic E-state index is 12.6. The van der Waals surface area contributed by atoms with Gasteiger partial charge in [-0.05, 0) is 23.3 Å². The minimum atomic E-state index is -0.557. The fraction of sp³-hybridized carbons (Fsp3) is 0.208. The number of carbonyl (C=O) groups is 1. The van der Waals surface area contributed by atoms with Gasteiger partial charge in [0.25, 0.3) is 0 Å². The zero-order valence-electron chi connectivity index (χ0n) is 16.7. The van der Waals surface area contributed by atoms with E-state index >= 15 is 0 Å². The summed E-state index contributed by atoms with van der Waals surface area (Å²) in [6.07, 6.45) is 0. The van der Waals surface area contributed by atoms with E-state index in [1.807, 2.05) is 36.4 Å². The van der Waals surface area contributed by atoms with E-state index in [1.165, 1.54) is 18.2 Å². The Morgan fingerprint density at radius 3 is 1.90 bits per heavy atom. The van der Waals surface area contributed by atoms with E-state index in [4.69, 9.17) is 32.7 Å². The van der Waals surface area contributed by atoms with E-state index in [0.717, 1.165) is 13.1 Å². The van der Waals surface area contributed by atoms with Gasteiger partial charge in [-0.3, -0.25) is 4.90 Å². The summed E-state index contributed by atoms with van der Waals surface area (Å²) in [6, 6.07) is 23.5. The number of nitrogens with zero attached hydrogens (tertiary/aromatic N) is 1. The third-order valence-corrected chi connectivity index (χ3v) is 5.22. The number of benzene rings is 3. The molecule has 0 radical (unpaired) electrons. The molecule has 0 bridgehead atoms. The topological polar surface area (TPSA) is 38.8 Å². The van der Waals surface area contributed by atoms with Gasteiger partial charge in [-0.15, -0.1) is 0 Å². The van der Waals surface area contributed by atoms with Gasteiger partial charge in [0, 0.05) is 19.6 Å². The molecule has 0 fully saturated rings. The summed E-state index contributed by atoms with van der Waals surface area (Å²) in [5.74, 6) is -0.335. The van der Waals surface area contributed by atoms with Crippen molar-refractivity contribution in [3.8, 4) is 5.75 Å². The summed E-state index contributed by atoms with van der Waals surface area (Å²) >= 11 is 12.3. The molecule has 0 spiro atoms. The van der Waals surface area contributed by atoms with Crippen LogP contribution in [0.3, 0.4) is 0 Å². The highest BCUT2D eigenvalue weighted by molar-refractivity contribution is 6.37. The number of halogens is 2. The van der Waals surface area contributed by atoms with Crippen molar-refractivity contribution >= 4 is 29.2 Å². The highest BCUT2D eigenvalue weighted by atomic mass is 35.5. The van der Waals surface area contributed by atoms with Gasteiger partial charge in [0.15, 0.2) is 5.75 Å². The molecule has 0 atom stereocenters. The lowest BCUT2D eigenvalue weighted by molar-refractivity contribution is 0.0450. The van der Waals surface area contributed by atoms with Gasteiger partial charge in [-0.1, -0.05) is 83.9 Å². The molecule has 3 rings (SSSR count). The Bertz CT molecular complexity index is 923. The van der Waals surface area contributed by atoms with Crippen LogP contribution in [0.1, 0.15) is 21.5 Å². The molecule has 0 saturated heterocycles. The lowest BCUT2D eigenvalue weighted by Crippen LogP contribution is -2.28. The molecular weight excluding hydrogens is 421 g/mol. The third kappa shape index (κ3) is 5.99. The van der Waals surface area contributed by atoms with Crippen molar-refractivity contribution < 1.29 is 14.3 Å². The first-order chi connectivity index (χ1) is 14.6. The van der Waals surface area contributed by atoms with Gasteiger partial charge in [-0.25, -0.2) is 4.79 Å². The molecule has 0 amide bonds. The Morgan fingerprint density at radius 2 is 1.37 bits per heavy atom. The monoisotopic (exact) mass is 443 g/mol. The average Bonchev–Trinajstić information content (AvgIpc) is 2.76. The molecule has 3 aromatic rings. The fourth-order valence-corrected chi connectivity index (χ4v) is 3.62. The highest BCUT2D eigenvalue weighted by Gasteiger charge is 2.21. The lowest BCUT2D eigenvalue weighted by Gasteiger charge is -2.22. The number of hydrogen-bond acceptors (Lipinski definition) is 4. The van der Waals surface area contributed by atoms with Gasteiger partial charge in [-0.2, -0.15) is 0 Å². The van der Waals surface area contributed by atoms with Crippen LogP contribution < -0.4 is 4.74 Å². The molecule has 0 aromatic heterocycles. The minimum absolute atomic E-state index is 0.143. The van der Waals surface area contributed by atoms with E-state index in [-0.39, 0.29) is 22.9 Å². The van der Waals surface area contributed by atoms with Crippen molar-refractivity contribution in [1.29, 1.82) is 0 Å². The van der Waals surface area contributed by atoms with Gasteiger partial charge in [0.05, 0.1) is 17.2 Å². The van der Waals surface area contributed by atoms with Crippen LogP contribution in [0.25, 0.3) is 0 Å². The van der Waals surface area contributed by atoms with Crippen molar-refractivity contribution in [3.05, 3.63) is 99.5 Å². The Hall–Kier alpha value is -2.53. The number of rotatable bonds is 9. The van der Waals surface area contributed by atoms with Crippen molar-refractivity contribution in [2.75, 3.05) is 20.3 Å². The van der Waals surface area contributed by atoms with Crippen molar-refractivity contribution in [2.45, 2.75) is 13.1 Å². The van der Waals surface area contributed by atoms with Crippen LogP contribution in [0.2, 0.25) is 10.0 Å². The summed E-state index contributed by atoms with van der Waals surface area (Å²) in [4.78, 5) is 14.9. The molecule has 0 aliphatic heterocycles. The summed E-state index contributed by atoms with van der Waals surface area (Å²) < 4.78 is 10.7. The van der Waals surface area contributed by atoms with Crippen LogP contribution in [0.4, 0.5) is 0 Å². The first-order valence-electron chi connectivity index (χ1n) is 9.58. The van der Waals surface area contributed by atoms with Crippen molar-refractivity contribution in [3.63, 3.8) is 0 Å². The van der Waals surface area contributed by atoms with E-state index in [9.17, 15) is 4.79 Å². The molecule has 0 N–H and O–H groups in total. The number of carbonyl (C=O) groups excluding carboxylic acids is 1. The second-order valence-electron chi connectivity index (χ2n) is 6.76. The number of esters is 1. The summed E-state index contributed by atoms with van der Waals surface area (Å²) in [7, 11) is 1.44. The molecule has 156 valence electrons. The highest BCUT2D eigenvalue weighted by Crippen LogP contribution is 2.34. The van der Waals surface area contributed by atoms with E-state index in [2.05, 4.69) is 29.2 Å². The van der Waals surface area contributed by atoms with Crippen LogP contribution in [0.15, 0.2) is 72.8 Å². The molecule has 3 aromatic carbocycles. The summed E-state index contributed by atoms with van der Waals surface area (Å²) in [6.45, 7) is 2.27. The van der Waals surface area contributed by atoms with Gasteiger partial charge in [0.1, 0.15) is 12.2 Å². The van der Waals surface area contributed by atoms with E-state index in [0.29, 0.717) is 11.6 Å². The number of ether oxygens (including phenoxy) is 2. The van der Waals surface area contributed by atoms with Crippen molar-refractivity contribution in [1.82, 2.24) is 4.90 Å².